The number of rotatable bonds is 9. The molecule has 1 aromatic heterocycles. The zero-order valence-electron chi connectivity index (χ0n) is 24.9. The number of ether oxygens (including phenoxy) is 2. The fraction of sp³-hybridized carbons (Fsp3) is 0.139. The van der Waals surface area contributed by atoms with Crippen molar-refractivity contribution in [3.8, 4) is 5.75 Å². The first kappa shape index (κ1) is 32.7. The maximum absolute atomic E-state index is 14.4. The summed E-state index contributed by atoms with van der Waals surface area (Å²) in [6, 6.07) is 30.9. The number of fused-ring (bicyclic) bond motifs is 1. The van der Waals surface area contributed by atoms with Crippen LogP contribution in [0.3, 0.4) is 0 Å². The SMILES string of the molecule is CCOC(=O)C1=C(c2ccccc2)N=c2s/c(=C\c3cc(I)cc(I)c3OCc3ccccc3)c(=O)n2[C@H]1c1ccc(SC)cc1. The minimum atomic E-state index is -0.728. The Morgan fingerprint density at radius 1 is 1.00 bits per heavy atom. The highest BCUT2D eigenvalue weighted by atomic mass is 127. The number of carbonyl (C=O) groups excluding carboxylic acids is 1. The van der Waals surface area contributed by atoms with Gasteiger partial charge in [-0.2, -0.15) is 0 Å². The van der Waals surface area contributed by atoms with Gasteiger partial charge in [0.15, 0.2) is 4.80 Å². The van der Waals surface area contributed by atoms with Gasteiger partial charge in [0.25, 0.3) is 5.56 Å². The van der Waals surface area contributed by atoms with Crippen LogP contribution in [0.4, 0.5) is 0 Å². The normalized spacial score (nSPS) is 14.5. The van der Waals surface area contributed by atoms with Crippen molar-refractivity contribution in [3.05, 3.63) is 152 Å². The van der Waals surface area contributed by atoms with Gasteiger partial charge in [0, 0.05) is 19.6 Å². The molecule has 0 fully saturated rings. The first-order valence-corrected chi connectivity index (χ1v) is 18.7. The Hall–Kier alpha value is -3.20. The molecule has 4 aromatic carbocycles. The molecule has 0 spiro atoms. The van der Waals surface area contributed by atoms with Gasteiger partial charge in [-0.15, -0.1) is 11.8 Å². The van der Waals surface area contributed by atoms with Crippen LogP contribution in [0, 0.1) is 7.14 Å². The molecule has 232 valence electrons. The maximum Gasteiger partial charge on any atom is 0.338 e. The van der Waals surface area contributed by atoms with Crippen molar-refractivity contribution in [3.63, 3.8) is 0 Å². The molecule has 0 unspecified atom stereocenters. The Bertz CT molecular complexity index is 2110. The molecule has 1 aliphatic rings. The molecular formula is C36H28I2N2O4S2. The van der Waals surface area contributed by atoms with Crippen molar-refractivity contribution in [2.75, 3.05) is 12.9 Å². The van der Waals surface area contributed by atoms with Crippen molar-refractivity contribution in [2.45, 2.75) is 24.5 Å². The second-order valence-electron chi connectivity index (χ2n) is 10.3. The summed E-state index contributed by atoms with van der Waals surface area (Å²) in [5.41, 5.74) is 4.02. The molecule has 0 saturated carbocycles. The standard InChI is InChI=1S/C36H28I2N2O4S2/c1-3-43-35(42)30-31(23-12-8-5-9-13-23)39-36-40(32(30)24-14-16-27(45-2)17-15-24)34(41)29(46-36)19-25-18-26(37)20-28(38)33(25)44-21-22-10-6-4-7-11-22/h4-20,32H,3,21H2,1-2H3/b29-19-/t32-/m0/s1. The zero-order valence-corrected chi connectivity index (χ0v) is 30.9. The van der Waals surface area contributed by atoms with E-state index in [9.17, 15) is 9.59 Å². The van der Waals surface area contributed by atoms with Gasteiger partial charge >= 0.3 is 5.97 Å². The smallest absolute Gasteiger partial charge is 0.338 e. The lowest BCUT2D eigenvalue weighted by atomic mass is 9.93. The largest absolute Gasteiger partial charge is 0.487 e. The fourth-order valence-electron chi connectivity index (χ4n) is 5.25. The summed E-state index contributed by atoms with van der Waals surface area (Å²) in [7, 11) is 0. The predicted molar refractivity (Wildman–Crippen MR) is 202 cm³/mol. The molecule has 5 aromatic rings. The first-order valence-electron chi connectivity index (χ1n) is 14.5. The molecule has 10 heteroatoms. The molecule has 0 bridgehead atoms. The summed E-state index contributed by atoms with van der Waals surface area (Å²) < 4.78 is 16.0. The molecule has 0 N–H and O–H groups in total. The Morgan fingerprint density at radius 3 is 2.37 bits per heavy atom. The van der Waals surface area contributed by atoms with E-state index in [1.807, 2.05) is 103 Å². The molecule has 6 rings (SSSR count). The van der Waals surface area contributed by atoms with Crippen LogP contribution in [0.2, 0.25) is 0 Å². The molecule has 0 radical (unpaired) electrons. The number of hydrogen-bond acceptors (Lipinski definition) is 7. The molecular weight excluding hydrogens is 842 g/mol. The monoisotopic (exact) mass is 870 g/mol. The van der Waals surface area contributed by atoms with Crippen LogP contribution in [-0.2, 0) is 16.1 Å². The average Bonchev–Trinajstić information content (AvgIpc) is 3.38. The van der Waals surface area contributed by atoms with Gasteiger partial charge in [0.1, 0.15) is 12.4 Å². The van der Waals surface area contributed by atoms with Crippen molar-refractivity contribution in [1.29, 1.82) is 0 Å². The van der Waals surface area contributed by atoms with Crippen LogP contribution in [0.15, 0.2) is 117 Å². The fourth-order valence-corrected chi connectivity index (χ4v) is 8.70. The number of halogens is 2. The second-order valence-corrected chi connectivity index (χ2v) is 14.6. The number of benzene rings is 4. The maximum atomic E-state index is 14.4. The summed E-state index contributed by atoms with van der Waals surface area (Å²) in [6.07, 6.45) is 3.89. The quantitative estimate of drug-likeness (QED) is 0.0876. The van der Waals surface area contributed by atoms with Crippen LogP contribution >= 0.6 is 68.3 Å². The van der Waals surface area contributed by atoms with Crippen LogP contribution < -0.4 is 19.6 Å². The summed E-state index contributed by atoms with van der Waals surface area (Å²) in [5.74, 6) is 0.208. The van der Waals surface area contributed by atoms with Crippen molar-refractivity contribution < 1.29 is 14.3 Å². The molecule has 0 saturated heterocycles. The van der Waals surface area contributed by atoms with Crippen LogP contribution in [0.5, 0.6) is 5.75 Å². The zero-order chi connectivity index (χ0) is 32.2. The number of nitrogens with zero attached hydrogens (tertiary/aromatic N) is 2. The topological polar surface area (TPSA) is 69.9 Å². The average molecular weight is 871 g/mol. The molecule has 6 nitrogen and oxygen atoms in total. The van der Waals surface area contributed by atoms with E-state index in [1.54, 1.807) is 23.3 Å². The Labute approximate surface area is 302 Å². The molecule has 1 aliphatic heterocycles. The van der Waals surface area contributed by atoms with E-state index in [-0.39, 0.29) is 12.2 Å². The van der Waals surface area contributed by atoms with Crippen LogP contribution in [0.1, 0.15) is 35.2 Å². The van der Waals surface area contributed by atoms with E-state index in [2.05, 4.69) is 51.2 Å². The number of thioether (sulfide) groups is 1. The Balaban J connectivity index is 1.57. The lowest BCUT2D eigenvalue weighted by Gasteiger charge is -2.26. The lowest BCUT2D eigenvalue weighted by molar-refractivity contribution is -0.138. The molecule has 1 atom stereocenters. The van der Waals surface area contributed by atoms with Gasteiger partial charge < -0.3 is 9.47 Å². The summed E-state index contributed by atoms with van der Waals surface area (Å²) in [4.78, 5) is 34.7. The van der Waals surface area contributed by atoms with Gasteiger partial charge in [0.05, 0.1) is 32.0 Å². The highest BCUT2D eigenvalue weighted by Gasteiger charge is 2.35. The number of carbonyl (C=O) groups is 1. The Kier molecular flexibility index (Phi) is 10.5. The second kappa shape index (κ2) is 14.7. The number of aromatic nitrogens is 1. The first-order chi connectivity index (χ1) is 22.4. The minimum absolute atomic E-state index is 0.198. The van der Waals surface area contributed by atoms with Crippen molar-refractivity contribution in [2.24, 2.45) is 4.99 Å². The Morgan fingerprint density at radius 2 is 1.70 bits per heavy atom. The summed E-state index contributed by atoms with van der Waals surface area (Å²) in [5, 5.41) is 0. The highest BCUT2D eigenvalue weighted by Crippen LogP contribution is 2.36. The summed E-state index contributed by atoms with van der Waals surface area (Å²) >= 11 is 7.49. The van der Waals surface area contributed by atoms with E-state index in [4.69, 9.17) is 14.5 Å². The van der Waals surface area contributed by atoms with E-state index < -0.39 is 12.0 Å². The minimum Gasteiger partial charge on any atom is -0.487 e. The van der Waals surface area contributed by atoms with Gasteiger partial charge in [-0.25, -0.2) is 9.79 Å². The molecule has 0 amide bonds. The van der Waals surface area contributed by atoms with Gasteiger partial charge in [-0.05, 0) is 99.8 Å². The van der Waals surface area contributed by atoms with E-state index in [1.165, 1.54) is 11.3 Å². The van der Waals surface area contributed by atoms with Gasteiger partial charge in [-0.1, -0.05) is 84.1 Å². The van der Waals surface area contributed by atoms with E-state index in [0.717, 1.165) is 34.3 Å². The van der Waals surface area contributed by atoms with E-state index in [0.29, 0.717) is 33.0 Å². The van der Waals surface area contributed by atoms with Crippen molar-refractivity contribution in [1.82, 2.24) is 4.57 Å². The third-order valence-corrected chi connectivity index (χ3v) is 10.5. The predicted octanol–water partition coefficient (Wildman–Crippen LogP) is 7.45. The molecule has 0 aliphatic carbocycles. The van der Waals surface area contributed by atoms with Gasteiger partial charge in [0.2, 0.25) is 0 Å². The van der Waals surface area contributed by atoms with E-state index >= 15 is 0 Å². The van der Waals surface area contributed by atoms with Crippen LogP contribution in [-0.4, -0.2) is 23.4 Å². The lowest BCUT2D eigenvalue weighted by Crippen LogP contribution is -2.40. The number of esters is 1. The molecule has 46 heavy (non-hydrogen) atoms. The van der Waals surface area contributed by atoms with Crippen molar-refractivity contribution >= 4 is 86.0 Å². The number of thiazole rings is 1. The van der Waals surface area contributed by atoms with Gasteiger partial charge in [-0.3, -0.25) is 9.36 Å². The summed E-state index contributed by atoms with van der Waals surface area (Å²) in [6.45, 7) is 2.37. The number of hydrogen-bond donors (Lipinski definition) is 0. The third kappa shape index (κ3) is 6.90. The third-order valence-electron chi connectivity index (χ3n) is 7.35. The highest BCUT2D eigenvalue weighted by molar-refractivity contribution is 14.1. The van der Waals surface area contributed by atoms with Crippen LogP contribution in [0.25, 0.3) is 11.8 Å². The molecule has 2 heterocycles.